The number of anilines is 1. The fraction of sp³-hybridized carbons (Fsp3) is 0.600. The summed E-state index contributed by atoms with van der Waals surface area (Å²) in [7, 11) is -3.87. The van der Waals surface area contributed by atoms with E-state index in [9.17, 15) is 12.8 Å². The number of benzene rings is 1. The van der Waals surface area contributed by atoms with E-state index in [-0.39, 0.29) is 22.2 Å². The smallest absolute Gasteiger partial charge is 0.243 e. The van der Waals surface area contributed by atoms with Crippen LogP contribution in [0.15, 0.2) is 17.0 Å². The Labute approximate surface area is 126 Å². The zero-order valence-corrected chi connectivity index (χ0v) is 13.3. The molecule has 1 aromatic rings. The van der Waals surface area contributed by atoms with E-state index < -0.39 is 15.8 Å². The molecule has 2 atom stereocenters. The third-order valence-corrected chi connectivity index (χ3v) is 5.73. The molecule has 1 fully saturated rings. The molecule has 1 saturated carbocycles. The third kappa shape index (κ3) is 3.74. The lowest BCUT2D eigenvalue weighted by Gasteiger charge is -2.29. The number of hydrogen-bond donors (Lipinski definition) is 2. The van der Waals surface area contributed by atoms with Gasteiger partial charge in [0.2, 0.25) is 10.0 Å². The molecule has 0 radical (unpaired) electrons. The molecule has 0 heterocycles. The van der Waals surface area contributed by atoms with Gasteiger partial charge in [-0.3, -0.25) is 0 Å². The van der Waals surface area contributed by atoms with Gasteiger partial charge >= 0.3 is 0 Å². The number of aryl methyl sites for hydroxylation is 1. The first-order chi connectivity index (χ1) is 9.83. The zero-order chi connectivity index (χ0) is 15.6. The van der Waals surface area contributed by atoms with Crippen molar-refractivity contribution in [2.75, 3.05) is 5.73 Å². The second kappa shape index (κ2) is 6.32. The van der Waals surface area contributed by atoms with E-state index in [1.165, 1.54) is 19.1 Å². The molecule has 2 rings (SSSR count). The van der Waals surface area contributed by atoms with Crippen LogP contribution in [-0.2, 0) is 10.0 Å². The number of rotatable bonds is 4. The number of hydrogen-bond acceptors (Lipinski definition) is 3. The lowest BCUT2D eigenvalue weighted by Crippen LogP contribution is -2.38. The van der Waals surface area contributed by atoms with Crippen LogP contribution in [0.4, 0.5) is 10.1 Å². The highest BCUT2D eigenvalue weighted by atomic mass is 32.2. The van der Waals surface area contributed by atoms with Crippen molar-refractivity contribution in [3.8, 4) is 0 Å². The Morgan fingerprint density at radius 1 is 1.38 bits per heavy atom. The molecule has 1 aliphatic carbocycles. The standard InChI is InChI=1S/C15H23FN2O2S/c1-3-11-5-4-6-13(8-11)18-21(19,20)14-9-12(17)7-10(2)15(14)16/h7,9,11,13,18H,3-6,8,17H2,1-2H3. The van der Waals surface area contributed by atoms with Crippen LogP contribution in [-0.4, -0.2) is 14.5 Å². The molecule has 21 heavy (non-hydrogen) atoms. The molecule has 0 bridgehead atoms. The van der Waals surface area contributed by atoms with Gasteiger partial charge < -0.3 is 5.73 Å². The minimum absolute atomic E-state index is 0.116. The van der Waals surface area contributed by atoms with Crippen molar-refractivity contribution in [3.63, 3.8) is 0 Å². The van der Waals surface area contributed by atoms with Crippen LogP contribution >= 0.6 is 0 Å². The van der Waals surface area contributed by atoms with Crippen LogP contribution in [0, 0.1) is 18.7 Å². The quantitative estimate of drug-likeness (QED) is 0.839. The van der Waals surface area contributed by atoms with Gasteiger partial charge in [0.05, 0.1) is 0 Å². The fourth-order valence-electron chi connectivity index (χ4n) is 3.01. The van der Waals surface area contributed by atoms with Gasteiger partial charge in [0.1, 0.15) is 10.7 Å². The van der Waals surface area contributed by atoms with E-state index in [1.807, 2.05) is 0 Å². The van der Waals surface area contributed by atoms with Gasteiger partial charge in [0.25, 0.3) is 0 Å². The Bertz CT molecular complexity index is 616. The average molecular weight is 314 g/mol. The van der Waals surface area contributed by atoms with Crippen molar-refractivity contribution < 1.29 is 12.8 Å². The van der Waals surface area contributed by atoms with E-state index in [0.717, 1.165) is 32.1 Å². The molecule has 4 nitrogen and oxygen atoms in total. The number of nitrogens with one attached hydrogen (secondary N) is 1. The maximum Gasteiger partial charge on any atom is 0.243 e. The van der Waals surface area contributed by atoms with Crippen molar-refractivity contribution in [3.05, 3.63) is 23.5 Å². The van der Waals surface area contributed by atoms with Gasteiger partial charge in [0, 0.05) is 11.7 Å². The average Bonchev–Trinajstić information content (AvgIpc) is 2.42. The Kier molecular flexibility index (Phi) is 4.88. The Morgan fingerprint density at radius 2 is 2.10 bits per heavy atom. The van der Waals surface area contributed by atoms with Crippen LogP contribution in [0.5, 0.6) is 0 Å². The molecule has 0 aromatic heterocycles. The van der Waals surface area contributed by atoms with Gasteiger partial charge in [-0.2, -0.15) is 0 Å². The van der Waals surface area contributed by atoms with Gasteiger partial charge in [-0.15, -0.1) is 0 Å². The highest BCUT2D eigenvalue weighted by Crippen LogP contribution is 2.28. The molecule has 118 valence electrons. The molecular weight excluding hydrogens is 291 g/mol. The third-order valence-electron chi connectivity index (χ3n) is 4.21. The van der Waals surface area contributed by atoms with Crippen LogP contribution in [0.1, 0.15) is 44.6 Å². The number of sulfonamides is 1. The van der Waals surface area contributed by atoms with Crippen molar-refractivity contribution >= 4 is 15.7 Å². The maximum absolute atomic E-state index is 14.1. The minimum Gasteiger partial charge on any atom is -0.399 e. The van der Waals surface area contributed by atoms with Gasteiger partial charge in [-0.05, 0) is 43.4 Å². The normalized spacial score (nSPS) is 23.2. The summed E-state index contributed by atoms with van der Waals surface area (Å²) in [6.07, 6.45) is 4.81. The molecule has 1 aliphatic rings. The molecule has 1 aromatic carbocycles. The highest BCUT2D eigenvalue weighted by Gasteiger charge is 2.28. The molecule has 6 heteroatoms. The Morgan fingerprint density at radius 3 is 2.76 bits per heavy atom. The Hall–Kier alpha value is -1.14. The topological polar surface area (TPSA) is 72.2 Å². The zero-order valence-electron chi connectivity index (χ0n) is 12.5. The van der Waals surface area contributed by atoms with Crippen molar-refractivity contribution in [1.29, 1.82) is 0 Å². The second-order valence-electron chi connectivity index (χ2n) is 5.91. The van der Waals surface area contributed by atoms with E-state index in [4.69, 9.17) is 5.73 Å². The maximum atomic E-state index is 14.1. The highest BCUT2D eigenvalue weighted by molar-refractivity contribution is 7.89. The van der Waals surface area contributed by atoms with Crippen LogP contribution in [0.25, 0.3) is 0 Å². The predicted molar refractivity (Wildman–Crippen MR) is 81.9 cm³/mol. The lowest BCUT2D eigenvalue weighted by molar-refractivity contribution is 0.301. The molecule has 0 saturated heterocycles. The first-order valence-electron chi connectivity index (χ1n) is 7.41. The van der Waals surface area contributed by atoms with Gasteiger partial charge in [-0.1, -0.05) is 26.2 Å². The van der Waals surface area contributed by atoms with Crippen molar-refractivity contribution in [2.24, 2.45) is 5.92 Å². The summed E-state index contributed by atoms with van der Waals surface area (Å²) in [5.41, 5.74) is 6.14. The van der Waals surface area contributed by atoms with Gasteiger partial charge in [-0.25, -0.2) is 17.5 Å². The first-order valence-corrected chi connectivity index (χ1v) is 8.89. The largest absolute Gasteiger partial charge is 0.399 e. The predicted octanol–water partition coefficient (Wildman–Crippen LogP) is 2.96. The summed E-state index contributed by atoms with van der Waals surface area (Å²) in [5.74, 6) is -0.182. The number of halogens is 1. The van der Waals surface area contributed by atoms with Crippen LogP contribution in [0.2, 0.25) is 0 Å². The second-order valence-corrected chi connectivity index (χ2v) is 7.59. The number of nitrogens with two attached hydrogens (primary N) is 1. The SMILES string of the molecule is CCC1CCCC(NS(=O)(=O)c2cc(N)cc(C)c2F)C1. The van der Waals surface area contributed by atoms with Crippen LogP contribution in [0.3, 0.4) is 0 Å². The monoisotopic (exact) mass is 314 g/mol. The van der Waals surface area contributed by atoms with Crippen molar-refractivity contribution in [1.82, 2.24) is 4.72 Å². The lowest BCUT2D eigenvalue weighted by atomic mass is 9.85. The Balaban J connectivity index is 2.23. The van der Waals surface area contributed by atoms with E-state index in [0.29, 0.717) is 5.92 Å². The van der Waals surface area contributed by atoms with E-state index >= 15 is 0 Å². The summed E-state index contributed by atoms with van der Waals surface area (Å²) in [5, 5.41) is 0. The van der Waals surface area contributed by atoms with Crippen LogP contribution < -0.4 is 10.5 Å². The first kappa shape index (κ1) is 16.2. The van der Waals surface area contributed by atoms with Crippen molar-refractivity contribution in [2.45, 2.75) is 56.9 Å². The van der Waals surface area contributed by atoms with E-state index in [1.54, 1.807) is 0 Å². The summed E-state index contributed by atoms with van der Waals surface area (Å²) in [6.45, 7) is 3.63. The fourth-order valence-corrected chi connectivity index (χ4v) is 4.48. The van der Waals surface area contributed by atoms with Gasteiger partial charge in [0.15, 0.2) is 0 Å². The molecule has 3 N–H and O–H groups in total. The molecule has 0 spiro atoms. The molecule has 0 amide bonds. The molecule has 2 unspecified atom stereocenters. The summed E-state index contributed by atoms with van der Waals surface area (Å²) in [4.78, 5) is -0.348. The minimum atomic E-state index is -3.87. The molecular formula is C15H23FN2O2S. The summed E-state index contributed by atoms with van der Waals surface area (Å²) < 4.78 is 41.6. The number of nitrogen functional groups attached to an aromatic ring is 1. The van der Waals surface area contributed by atoms with E-state index in [2.05, 4.69) is 11.6 Å². The summed E-state index contributed by atoms with van der Waals surface area (Å²) >= 11 is 0. The molecule has 0 aliphatic heterocycles. The summed E-state index contributed by atoms with van der Waals surface area (Å²) in [6, 6.07) is 2.50.